The van der Waals surface area contributed by atoms with Crippen molar-refractivity contribution in [3.8, 4) is 5.88 Å². The largest absolute Gasteiger partial charge is 0.475 e. The number of pyridine rings is 1. The van der Waals surface area contributed by atoms with Crippen molar-refractivity contribution in [3.05, 3.63) is 47.7 Å². The summed E-state index contributed by atoms with van der Waals surface area (Å²) in [5, 5.41) is 5.28. The number of hydrogen-bond acceptors (Lipinski definition) is 7. The minimum Gasteiger partial charge on any atom is -0.475 e. The van der Waals surface area contributed by atoms with E-state index in [0.717, 1.165) is 6.26 Å². The van der Waals surface area contributed by atoms with Crippen molar-refractivity contribution in [2.45, 2.75) is 13.5 Å². The summed E-state index contributed by atoms with van der Waals surface area (Å²) < 4.78 is 36.1. The van der Waals surface area contributed by atoms with E-state index in [0.29, 0.717) is 30.3 Å². The normalized spacial score (nSPS) is 10.9. The van der Waals surface area contributed by atoms with Crippen molar-refractivity contribution < 1.29 is 27.5 Å². The molecule has 0 aliphatic rings. The number of methoxy groups -OCH3 is 1. The lowest BCUT2D eigenvalue weighted by Gasteiger charge is -2.14. The molecular formula is C19H24N4O6S. The summed E-state index contributed by atoms with van der Waals surface area (Å²) in [6.45, 7) is 2.11. The maximum atomic E-state index is 12.8. The first-order valence-corrected chi connectivity index (χ1v) is 10.8. The van der Waals surface area contributed by atoms with Gasteiger partial charge in [0.25, 0.3) is 5.91 Å². The minimum atomic E-state index is -3.61. The number of amides is 2. The number of nitrogens with zero attached hydrogens (tertiary/aromatic N) is 1. The third kappa shape index (κ3) is 7.33. The second-order valence-electron chi connectivity index (χ2n) is 6.31. The zero-order chi connectivity index (χ0) is 22.1. The Morgan fingerprint density at radius 1 is 1.17 bits per heavy atom. The van der Waals surface area contributed by atoms with Gasteiger partial charge in [-0.2, -0.15) is 0 Å². The monoisotopic (exact) mass is 436 g/mol. The minimum absolute atomic E-state index is 0.0532. The molecule has 0 atom stereocenters. The number of anilines is 2. The summed E-state index contributed by atoms with van der Waals surface area (Å²) in [5.74, 6) is -0.505. The van der Waals surface area contributed by atoms with Gasteiger partial charge in [-0.1, -0.05) is 6.07 Å². The molecule has 0 bridgehead atoms. The van der Waals surface area contributed by atoms with E-state index in [1.165, 1.54) is 25.1 Å². The van der Waals surface area contributed by atoms with E-state index in [2.05, 4.69) is 20.3 Å². The van der Waals surface area contributed by atoms with E-state index in [-0.39, 0.29) is 23.7 Å². The van der Waals surface area contributed by atoms with Gasteiger partial charge in [0.05, 0.1) is 24.1 Å². The van der Waals surface area contributed by atoms with Crippen LogP contribution in [0.5, 0.6) is 5.88 Å². The second-order valence-corrected chi connectivity index (χ2v) is 8.06. The zero-order valence-corrected chi connectivity index (χ0v) is 17.7. The summed E-state index contributed by atoms with van der Waals surface area (Å²) >= 11 is 0. The Bertz CT molecular complexity index is 1010. The smallest absolute Gasteiger partial charge is 0.253 e. The van der Waals surface area contributed by atoms with Crippen molar-refractivity contribution in [2.75, 3.05) is 36.6 Å². The summed E-state index contributed by atoms with van der Waals surface area (Å²) in [6, 6.07) is 7.75. The molecule has 2 aromatic rings. The average molecular weight is 436 g/mol. The van der Waals surface area contributed by atoms with Gasteiger partial charge < -0.3 is 20.1 Å². The highest BCUT2D eigenvalue weighted by molar-refractivity contribution is 7.92. The van der Waals surface area contributed by atoms with Crippen molar-refractivity contribution in [1.29, 1.82) is 0 Å². The number of carbonyl (C=O) groups is 2. The number of hydrogen-bond donors (Lipinski definition) is 3. The van der Waals surface area contributed by atoms with Crippen molar-refractivity contribution in [1.82, 2.24) is 10.3 Å². The van der Waals surface area contributed by atoms with Crippen LogP contribution in [0.15, 0.2) is 36.5 Å². The number of aromatic nitrogens is 1. The fraction of sp³-hybridized carbons (Fsp3) is 0.316. The molecule has 1 heterocycles. The fourth-order valence-electron chi connectivity index (χ4n) is 2.48. The number of ether oxygens (including phenoxy) is 2. The third-order valence-electron chi connectivity index (χ3n) is 3.70. The summed E-state index contributed by atoms with van der Waals surface area (Å²) in [5.41, 5.74) is 1.14. The van der Waals surface area contributed by atoms with Gasteiger partial charge >= 0.3 is 0 Å². The lowest BCUT2D eigenvalue weighted by Crippen LogP contribution is -2.25. The van der Waals surface area contributed by atoms with Gasteiger partial charge in [-0.3, -0.25) is 14.3 Å². The third-order valence-corrected chi connectivity index (χ3v) is 4.29. The van der Waals surface area contributed by atoms with Gasteiger partial charge in [-0.15, -0.1) is 0 Å². The SMILES string of the molecule is COCCOc1ncccc1CNC(=O)c1cc(NC(C)=O)ccc1NS(C)(=O)=O. The van der Waals surface area contributed by atoms with Crippen molar-refractivity contribution in [3.63, 3.8) is 0 Å². The number of carbonyl (C=O) groups excluding carboxylic acids is 2. The molecule has 1 aromatic heterocycles. The first-order chi connectivity index (χ1) is 14.2. The van der Waals surface area contributed by atoms with Crippen LogP contribution >= 0.6 is 0 Å². The van der Waals surface area contributed by atoms with Gasteiger partial charge in [0.1, 0.15) is 6.61 Å². The molecular weight excluding hydrogens is 412 g/mol. The van der Waals surface area contributed by atoms with Crippen LogP contribution < -0.4 is 20.1 Å². The summed E-state index contributed by atoms with van der Waals surface area (Å²) in [6.07, 6.45) is 2.55. The predicted octanol–water partition coefficient (Wildman–Crippen LogP) is 1.37. The molecule has 1 aromatic carbocycles. The average Bonchev–Trinajstić information content (AvgIpc) is 2.67. The molecule has 162 valence electrons. The molecule has 3 N–H and O–H groups in total. The van der Waals surface area contributed by atoms with E-state index < -0.39 is 15.9 Å². The highest BCUT2D eigenvalue weighted by atomic mass is 32.2. The summed E-state index contributed by atoms with van der Waals surface area (Å²) in [4.78, 5) is 28.3. The van der Waals surface area contributed by atoms with E-state index in [4.69, 9.17) is 9.47 Å². The van der Waals surface area contributed by atoms with Gasteiger partial charge in [-0.25, -0.2) is 13.4 Å². The molecule has 0 aliphatic carbocycles. The molecule has 2 rings (SSSR count). The molecule has 2 amide bonds. The molecule has 11 heteroatoms. The molecule has 0 radical (unpaired) electrons. The maximum Gasteiger partial charge on any atom is 0.253 e. The Hall–Kier alpha value is -3.18. The second kappa shape index (κ2) is 10.6. The van der Waals surface area contributed by atoms with Crippen LogP contribution in [0.4, 0.5) is 11.4 Å². The van der Waals surface area contributed by atoms with E-state index >= 15 is 0 Å². The van der Waals surface area contributed by atoms with Crippen molar-refractivity contribution >= 4 is 33.2 Å². The number of nitrogens with one attached hydrogen (secondary N) is 3. The molecule has 0 aliphatic heterocycles. The molecule has 0 saturated heterocycles. The molecule has 0 spiro atoms. The Morgan fingerprint density at radius 2 is 1.93 bits per heavy atom. The lowest BCUT2D eigenvalue weighted by molar-refractivity contribution is -0.114. The first-order valence-electron chi connectivity index (χ1n) is 8.93. The topological polar surface area (TPSA) is 136 Å². The van der Waals surface area contributed by atoms with Crippen LogP contribution in [0.1, 0.15) is 22.8 Å². The van der Waals surface area contributed by atoms with Gasteiger partial charge in [-0.05, 0) is 24.3 Å². The van der Waals surface area contributed by atoms with Gasteiger partial charge in [0.15, 0.2) is 0 Å². The molecule has 0 fully saturated rings. The van der Waals surface area contributed by atoms with E-state index in [1.54, 1.807) is 25.4 Å². The Balaban J connectivity index is 2.22. The first kappa shape index (κ1) is 23.1. The molecule has 0 saturated carbocycles. The molecule has 10 nitrogen and oxygen atoms in total. The Morgan fingerprint density at radius 3 is 2.60 bits per heavy atom. The van der Waals surface area contributed by atoms with Crippen LogP contribution in [0.2, 0.25) is 0 Å². The van der Waals surface area contributed by atoms with Gasteiger partial charge in [0.2, 0.25) is 21.8 Å². The highest BCUT2D eigenvalue weighted by Gasteiger charge is 2.16. The van der Waals surface area contributed by atoms with Crippen molar-refractivity contribution in [2.24, 2.45) is 0 Å². The Kier molecular flexibility index (Phi) is 8.13. The van der Waals surface area contributed by atoms with Crippen LogP contribution in [0.3, 0.4) is 0 Å². The number of rotatable bonds is 10. The standard InChI is InChI=1S/C19H24N4O6S/c1-13(24)22-15-6-7-17(23-30(3,26)27)16(11-15)18(25)21-12-14-5-4-8-20-19(14)29-10-9-28-2/h4-8,11,23H,9-10,12H2,1-3H3,(H,21,25)(H,22,24). The number of benzene rings is 1. The molecule has 0 unspecified atom stereocenters. The maximum absolute atomic E-state index is 12.8. The van der Waals surface area contributed by atoms with Crippen LogP contribution in [-0.4, -0.2) is 51.8 Å². The zero-order valence-electron chi connectivity index (χ0n) is 16.9. The Labute approximate surface area is 175 Å². The quantitative estimate of drug-likeness (QED) is 0.479. The summed E-state index contributed by atoms with van der Waals surface area (Å²) in [7, 11) is -2.06. The lowest BCUT2D eigenvalue weighted by atomic mass is 10.1. The van der Waals surface area contributed by atoms with Crippen LogP contribution in [0.25, 0.3) is 0 Å². The van der Waals surface area contributed by atoms with Crippen LogP contribution in [-0.2, 0) is 26.1 Å². The van der Waals surface area contributed by atoms with E-state index in [9.17, 15) is 18.0 Å². The molecule has 30 heavy (non-hydrogen) atoms. The highest BCUT2D eigenvalue weighted by Crippen LogP contribution is 2.22. The fourth-order valence-corrected chi connectivity index (χ4v) is 3.06. The predicted molar refractivity (Wildman–Crippen MR) is 112 cm³/mol. The van der Waals surface area contributed by atoms with Gasteiger partial charge in [0, 0.05) is 38.0 Å². The number of sulfonamides is 1. The van der Waals surface area contributed by atoms with Crippen LogP contribution in [0, 0.1) is 0 Å². The van der Waals surface area contributed by atoms with E-state index in [1.807, 2.05) is 0 Å².